The van der Waals surface area contributed by atoms with E-state index < -0.39 is 0 Å². The highest BCUT2D eigenvalue weighted by atomic mass is 35.5. The van der Waals surface area contributed by atoms with Crippen molar-refractivity contribution in [2.75, 3.05) is 18.5 Å². The first kappa shape index (κ1) is 15.0. The van der Waals surface area contributed by atoms with Crippen LogP contribution in [0.4, 0.5) is 5.69 Å². The molecule has 0 aliphatic rings. The molecule has 2 rings (SSSR count). The van der Waals surface area contributed by atoms with Crippen molar-refractivity contribution in [2.24, 2.45) is 0 Å². The van der Waals surface area contributed by atoms with Gasteiger partial charge in [0.2, 0.25) is 0 Å². The Morgan fingerprint density at radius 2 is 1.80 bits per heavy atom. The molecule has 4 heteroatoms. The van der Waals surface area contributed by atoms with Crippen LogP contribution in [0.2, 0.25) is 10.0 Å². The monoisotopic (exact) mass is 309 g/mol. The highest BCUT2D eigenvalue weighted by Crippen LogP contribution is 2.25. The Kier molecular flexibility index (Phi) is 5.57. The summed E-state index contributed by atoms with van der Waals surface area (Å²) in [5.74, 6) is 0.876. The second kappa shape index (κ2) is 7.41. The lowest BCUT2D eigenvalue weighted by atomic mass is 10.2. The Labute approximate surface area is 129 Å². The zero-order valence-corrected chi connectivity index (χ0v) is 12.8. The van der Waals surface area contributed by atoms with Crippen LogP contribution < -0.4 is 10.1 Å². The second-order valence-corrected chi connectivity index (χ2v) is 5.24. The standard InChI is InChI=1S/C16H17Cl2NO/c1-2-12-3-6-14(7-4-12)20-10-9-19-16-11-13(17)5-8-15(16)18/h3-8,11,19H,2,9-10H2,1H3. The Hall–Kier alpha value is -1.38. The van der Waals surface area contributed by atoms with Gasteiger partial charge < -0.3 is 10.1 Å². The van der Waals surface area contributed by atoms with E-state index >= 15 is 0 Å². The largest absolute Gasteiger partial charge is 0.492 e. The minimum atomic E-state index is 0.564. The van der Waals surface area contributed by atoms with E-state index in [1.807, 2.05) is 12.1 Å². The highest BCUT2D eigenvalue weighted by Gasteiger charge is 2.00. The first-order valence-electron chi connectivity index (χ1n) is 6.59. The molecule has 0 aliphatic carbocycles. The number of halogens is 2. The highest BCUT2D eigenvalue weighted by molar-refractivity contribution is 6.35. The third kappa shape index (κ3) is 4.32. The molecule has 0 unspecified atom stereocenters. The number of benzene rings is 2. The third-order valence-electron chi connectivity index (χ3n) is 2.95. The van der Waals surface area contributed by atoms with Gasteiger partial charge in [-0.2, -0.15) is 0 Å². The summed E-state index contributed by atoms with van der Waals surface area (Å²) in [5, 5.41) is 4.52. The predicted octanol–water partition coefficient (Wildman–Crippen LogP) is 5.05. The fraction of sp³-hybridized carbons (Fsp3) is 0.250. The number of rotatable bonds is 6. The Morgan fingerprint density at radius 3 is 2.50 bits per heavy atom. The van der Waals surface area contributed by atoms with Crippen molar-refractivity contribution in [2.45, 2.75) is 13.3 Å². The van der Waals surface area contributed by atoms with Gasteiger partial charge in [-0.25, -0.2) is 0 Å². The average Bonchev–Trinajstić information content (AvgIpc) is 2.47. The molecule has 0 bridgehead atoms. The van der Waals surface area contributed by atoms with Crippen LogP contribution in [-0.4, -0.2) is 13.2 Å². The van der Waals surface area contributed by atoms with Gasteiger partial charge in [0.15, 0.2) is 0 Å². The van der Waals surface area contributed by atoms with Gasteiger partial charge in [-0.3, -0.25) is 0 Å². The summed E-state index contributed by atoms with van der Waals surface area (Å²) in [6.07, 6.45) is 1.04. The van der Waals surface area contributed by atoms with Gasteiger partial charge in [-0.05, 0) is 42.3 Å². The van der Waals surface area contributed by atoms with Crippen LogP contribution in [0.3, 0.4) is 0 Å². The molecule has 0 heterocycles. The van der Waals surface area contributed by atoms with E-state index in [9.17, 15) is 0 Å². The van der Waals surface area contributed by atoms with Gasteiger partial charge in [0, 0.05) is 11.6 Å². The van der Waals surface area contributed by atoms with Crippen LogP contribution in [-0.2, 0) is 6.42 Å². The van der Waals surface area contributed by atoms with Crippen molar-refractivity contribution in [3.63, 3.8) is 0 Å². The second-order valence-electron chi connectivity index (χ2n) is 4.40. The smallest absolute Gasteiger partial charge is 0.119 e. The van der Waals surface area contributed by atoms with Crippen molar-refractivity contribution in [3.8, 4) is 5.75 Å². The summed E-state index contributed by atoms with van der Waals surface area (Å²) < 4.78 is 5.66. The van der Waals surface area contributed by atoms with E-state index in [2.05, 4.69) is 24.4 Å². The lowest BCUT2D eigenvalue weighted by Gasteiger charge is -2.10. The minimum absolute atomic E-state index is 0.564. The molecule has 106 valence electrons. The normalized spacial score (nSPS) is 10.3. The van der Waals surface area contributed by atoms with Crippen LogP contribution in [0.5, 0.6) is 5.75 Å². The summed E-state index contributed by atoms with van der Waals surface area (Å²) in [5.41, 5.74) is 2.13. The number of aryl methyl sites for hydroxylation is 1. The van der Waals surface area contributed by atoms with E-state index in [0.717, 1.165) is 17.9 Å². The Balaban J connectivity index is 1.79. The molecule has 2 aromatic rings. The summed E-state index contributed by atoms with van der Waals surface area (Å²) in [6.45, 7) is 3.36. The van der Waals surface area contributed by atoms with E-state index in [0.29, 0.717) is 23.2 Å². The van der Waals surface area contributed by atoms with E-state index in [1.165, 1.54) is 5.56 Å². The zero-order valence-electron chi connectivity index (χ0n) is 11.3. The number of nitrogens with one attached hydrogen (secondary N) is 1. The van der Waals surface area contributed by atoms with Crippen LogP contribution in [0.1, 0.15) is 12.5 Å². The van der Waals surface area contributed by atoms with Crippen LogP contribution >= 0.6 is 23.2 Å². The van der Waals surface area contributed by atoms with E-state index in [1.54, 1.807) is 18.2 Å². The molecule has 2 aromatic carbocycles. The predicted molar refractivity (Wildman–Crippen MR) is 86.3 cm³/mol. The molecule has 20 heavy (non-hydrogen) atoms. The molecule has 0 atom stereocenters. The third-order valence-corrected chi connectivity index (χ3v) is 3.51. The zero-order chi connectivity index (χ0) is 14.4. The van der Waals surface area contributed by atoms with Crippen LogP contribution in [0, 0.1) is 0 Å². The first-order chi connectivity index (χ1) is 9.69. The average molecular weight is 310 g/mol. The molecule has 2 nitrogen and oxygen atoms in total. The maximum Gasteiger partial charge on any atom is 0.119 e. The van der Waals surface area contributed by atoms with Crippen LogP contribution in [0.25, 0.3) is 0 Å². The molecular formula is C16H17Cl2NO. The molecule has 0 aliphatic heterocycles. The van der Waals surface area contributed by atoms with E-state index in [-0.39, 0.29) is 0 Å². The molecular weight excluding hydrogens is 293 g/mol. The molecule has 0 spiro atoms. The molecule has 0 saturated carbocycles. The Morgan fingerprint density at radius 1 is 1.05 bits per heavy atom. The quantitative estimate of drug-likeness (QED) is 0.754. The van der Waals surface area contributed by atoms with Gasteiger partial charge >= 0.3 is 0 Å². The summed E-state index contributed by atoms with van der Waals surface area (Å²) in [6, 6.07) is 13.5. The van der Waals surface area contributed by atoms with Crippen molar-refractivity contribution in [1.82, 2.24) is 0 Å². The Bertz CT molecular complexity index is 555. The minimum Gasteiger partial charge on any atom is -0.492 e. The van der Waals surface area contributed by atoms with Gasteiger partial charge in [0.25, 0.3) is 0 Å². The van der Waals surface area contributed by atoms with Crippen molar-refractivity contribution in [1.29, 1.82) is 0 Å². The molecule has 0 saturated heterocycles. The maximum absolute atomic E-state index is 6.06. The van der Waals surface area contributed by atoms with Gasteiger partial charge in [0.05, 0.1) is 10.7 Å². The fourth-order valence-electron chi connectivity index (χ4n) is 1.81. The lowest BCUT2D eigenvalue weighted by Crippen LogP contribution is -2.11. The maximum atomic E-state index is 6.06. The molecule has 0 fully saturated rings. The topological polar surface area (TPSA) is 21.3 Å². The first-order valence-corrected chi connectivity index (χ1v) is 7.35. The van der Waals surface area contributed by atoms with Gasteiger partial charge in [-0.15, -0.1) is 0 Å². The fourth-order valence-corrected chi connectivity index (χ4v) is 2.17. The summed E-state index contributed by atoms with van der Waals surface area (Å²) in [7, 11) is 0. The lowest BCUT2D eigenvalue weighted by molar-refractivity contribution is 0.333. The molecule has 0 amide bonds. The van der Waals surface area contributed by atoms with Crippen molar-refractivity contribution >= 4 is 28.9 Å². The molecule has 0 radical (unpaired) electrons. The number of hydrogen-bond donors (Lipinski definition) is 1. The molecule has 0 aromatic heterocycles. The number of hydrogen-bond acceptors (Lipinski definition) is 2. The van der Waals surface area contributed by atoms with Crippen LogP contribution in [0.15, 0.2) is 42.5 Å². The summed E-state index contributed by atoms with van der Waals surface area (Å²) >= 11 is 12.0. The number of ether oxygens (including phenoxy) is 1. The van der Waals surface area contributed by atoms with Crippen molar-refractivity contribution in [3.05, 3.63) is 58.1 Å². The van der Waals surface area contributed by atoms with Gasteiger partial charge in [-0.1, -0.05) is 42.3 Å². The SMILES string of the molecule is CCc1ccc(OCCNc2cc(Cl)ccc2Cl)cc1. The molecule has 1 N–H and O–H groups in total. The van der Waals surface area contributed by atoms with Crippen molar-refractivity contribution < 1.29 is 4.74 Å². The van der Waals surface area contributed by atoms with Gasteiger partial charge in [0.1, 0.15) is 12.4 Å². The number of anilines is 1. The summed E-state index contributed by atoms with van der Waals surface area (Å²) in [4.78, 5) is 0. The van der Waals surface area contributed by atoms with E-state index in [4.69, 9.17) is 27.9 Å².